The first kappa shape index (κ1) is 15.4. The Morgan fingerprint density at radius 2 is 2.09 bits per heavy atom. The van der Waals surface area contributed by atoms with Crippen LogP contribution in [0.2, 0.25) is 0 Å². The molecular weight excluding hydrogens is 300 g/mol. The first-order valence-electron chi connectivity index (χ1n) is 7.68. The summed E-state index contributed by atoms with van der Waals surface area (Å²) in [6.07, 6.45) is 3.79. The Balaban J connectivity index is 1.76. The van der Waals surface area contributed by atoms with Gasteiger partial charge in [-0.05, 0) is 31.9 Å². The summed E-state index contributed by atoms with van der Waals surface area (Å²) in [5, 5.41) is 18.9. The number of para-hydroxylation sites is 1. The van der Waals surface area contributed by atoms with Crippen LogP contribution in [0, 0.1) is 0 Å². The van der Waals surface area contributed by atoms with Crippen molar-refractivity contribution < 1.29 is 14.3 Å². The molecule has 1 aliphatic rings. The maximum atomic E-state index is 10.0. The minimum Gasteiger partial charge on any atom is -0.493 e. The smallest absolute Gasteiger partial charge is 0.277 e. The second-order valence-electron chi connectivity index (χ2n) is 5.31. The molecule has 1 aromatic heterocycles. The van der Waals surface area contributed by atoms with Crippen molar-refractivity contribution in [1.29, 1.82) is 0 Å². The molecule has 1 aromatic carbocycles. The number of thioether (sulfide) groups is 1. The summed E-state index contributed by atoms with van der Waals surface area (Å²) in [6, 6.07) is 7.63. The summed E-state index contributed by atoms with van der Waals surface area (Å²) in [5.74, 6) is 1.19. The van der Waals surface area contributed by atoms with E-state index in [9.17, 15) is 5.11 Å². The SMILES string of the molecule is CCOc1ccccc1-c1nnc(SC2CCCCC2O)o1. The Morgan fingerprint density at radius 3 is 2.91 bits per heavy atom. The van der Waals surface area contributed by atoms with Gasteiger partial charge in [-0.2, -0.15) is 0 Å². The third-order valence-corrected chi connectivity index (χ3v) is 4.96. The molecule has 0 spiro atoms. The van der Waals surface area contributed by atoms with Crippen molar-refractivity contribution in [3.05, 3.63) is 24.3 Å². The van der Waals surface area contributed by atoms with Gasteiger partial charge in [-0.3, -0.25) is 0 Å². The van der Waals surface area contributed by atoms with Gasteiger partial charge in [-0.1, -0.05) is 36.7 Å². The van der Waals surface area contributed by atoms with Crippen LogP contribution in [0.1, 0.15) is 32.6 Å². The molecule has 5 nitrogen and oxygen atoms in total. The van der Waals surface area contributed by atoms with Crippen LogP contribution in [0.4, 0.5) is 0 Å². The van der Waals surface area contributed by atoms with Crippen LogP contribution in [-0.2, 0) is 0 Å². The lowest BCUT2D eigenvalue weighted by Crippen LogP contribution is -2.26. The second kappa shape index (κ2) is 7.15. The van der Waals surface area contributed by atoms with Gasteiger partial charge in [-0.15, -0.1) is 10.2 Å². The monoisotopic (exact) mass is 320 g/mol. The summed E-state index contributed by atoms with van der Waals surface area (Å²) < 4.78 is 11.4. The van der Waals surface area contributed by atoms with Crippen molar-refractivity contribution in [3.63, 3.8) is 0 Å². The molecule has 0 bridgehead atoms. The highest BCUT2D eigenvalue weighted by Crippen LogP contribution is 2.35. The number of benzene rings is 1. The van der Waals surface area contributed by atoms with Gasteiger partial charge in [0.1, 0.15) is 5.75 Å². The third kappa shape index (κ3) is 3.44. The second-order valence-corrected chi connectivity index (χ2v) is 6.50. The average Bonchev–Trinajstić information content (AvgIpc) is 2.99. The van der Waals surface area contributed by atoms with E-state index in [1.807, 2.05) is 31.2 Å². The summed E-state index contributed by atoms with van der Waals surface area (Å²) >= 11 is 1.48. The summed E-state index contributed by atoms with van der Waals surface area (Å²) in [5.41, 5.74) is 0.799. The van der Waals surface area contributed by atoms with Crippen molar-refractivity contribution in [1.82, 2.24) is 10.2 Å². The molecule has 1 saturated carbocycles. The van der Waals surface area contributed by atoms with Crippen molar-refractivity contribution in [2.75, 3.05) is 6.61 Å². The fourth-order valence-corrected chi connectivity index (χ4v) is 3.69. The summed E-state index contributed by atoms with van der Waals surface area (Å²) in [6.45, 7) is 2.53. The van der Waals surface area contributed by atoms with E-state index >= 15 is 0 Å². The molecule has 1 aliphatic carbocycles. The number of hydrogen-bond acceptors (Lipinski definition) is 6. The van der Waals surface area contributed by atoms with Crippen LogP contribution in [0.5, 0.6) is 5.75 Å². The number of aliphatic hydroxyl groups is 1. The van der Waals surface area contributed by atoms with E-state index in [-0.39, 0.29) is 11.4 Å². The summed E-state index contributed by atoms with van der Waals surface area (Å²) in [7, 11) is 0. The zero-order valence-corrected chi connectivity index (χ0v) is 13.4. The lowest BCUT2D eigenvalue weighted by atomic mass is 9.97. The van der Waals surface area contributed by atoms with Crippen LogP contribution in [-0.4, -0.2) is 33.3 Å². The van der Waals surface area contributed by atoms with Gasteiger partial charge in [-0.25, -0.2) is 0 Å². The van der Waals surface area contributed by atoms with Crippen LogP contribution in [0.25, 0.3) is 11.5 Å². The molecule has 118 valence electrons. The number of nitrogens with zero attached hydrogens (tertiary/aromatic N) is 2. The highest BCUT2D eigenvalue weighted by atomic mass is 32.2. The number of aliphatic hydroxyl groups excluding tert-OH is 1. The largest absolute Gasteiger partial charge is 0.493 e. The highest BCUT2D eigenvalue weighted by molar-refractivity contribution is 7.99. The molecule has 0 amide bonds. The first-order valence-corrected chi connectivity index (χ1v) is 8.56. The van der Waals surface area contributed by atoms with Crippen LogP contribution in [0.3, 0.4) is 0 Å². The topological polar surface area (TPSA) is 68.4 Å². The van der Waals surface area contributed by atoms with Gasteiger partial charge in [0.05, 0.1) is 18.3 Å². The molecule has 0 radical (unpaired) electrons. The third-order valence-electron chi connectivity index (χ3n) is 3.74. The fourth-order valence-electron chi connectivity index (χ4n) is 2.64. The van der Waals surface area contributed by atoms with Gasteiger partial charge >= 0.3 is 0 Å². The normalized spacial score (nSPS) is 21.7. The maximum Gasteiger partial charge on any atom is 0.277 e. The quantitative estimate of drug-likeness (QED) is 0.909. The molecule has 1 fully saturated rings. The maximum absolute atomic E-state index is 10.0. The average molecular weight is 320 g/mol. The molecule has 1 heterocycles. The highest BCUT2D eigenvalue weighted by Gasteiger charge is 2.26. The molecule has 1 N–H and O–H groups in total. The molecule has 2 atom stereocenters. The van der Waals surface area contributed by atoms with E-state index in [1.165, 1.54) is 11.8 Å². The molecule has 3 rings (SSSR count). The number of aromatic nitrogens is 2. The van der Waals surface area contributed by atoms with E-state index in [2.05, 4.69) is 10.2 Å². The molecule has 0 aliphatic heterocycles. The number of ether oxygens (including phenoxy) is 1. The molecular formula is C16H20N2O3S. The Morgan fingerprint density at radius 1 is 1.27 bits per heavy atom. The van der Waals surface area contributed by atoms with Gasteiger partial charge < -0.3 is 14.3 Å². The van der Waals surface area contributed by atoms with Crippen molar-refractivity contribution in [2.45, 2.75) is 49.2 Å². The minimum atomic E-state index is -0.287. The van der Waals surface area contributed by atoms with Gasteiger partial charge in [0.2, 0.25) is 0 Å². The first-order chi connectivity index (χ1) is 10.8. The van der Waals surface area contributed by atoms with E-state index in [4.69, 9.17) is 9.15 Å². The molecule has 22 heavy (non-hydrogen) atoms. The Labute approximate surface area is 134 Å². The zero-order chi connectivity index (χ0) is 15.4. The van der Waals surface area contributed by atoms with Gasteiger partial charge in [0.25, 0.3) is 11.1 Å². The molecule has 2 unspecified atom stereocenters. The fraction of sp³-hybridized carbons (Fsp3) is 0.500. The zero-order valence-electron chi connectivity index (χ0n) is 12.6. The van der Waals surface area contributed by atoms with E-state index < -0.39 is 0 Å². The predicted octanol–water partition coefficient (Wildman–Crippen LogP) is 3.53. The molecule has 6 heteroatoms. The minimum absolute atomic E-state index is 0.143. The van der Waals surface area contributed by atoms with Crippen molar-refractivity contribution in [2.24, 2.45) is 0 Å². The standard InChI is InChI=1S/C16H20N2O3S/c1-2-20-13-9-5-3-7-11(13)15-17-18-16(21-15)22-14-10-6-4-8-12(14)19/h3,5,7,9,12,14,19H,2,4,6,8,10H2,1H3. The summed E-state index contributed by atoms with van der Waals surface area (Å²) in [4.78, 5) is 0. The Hall–Kier alpha value is -1.53. The Bertz CT molecular complexity index is 617. The van der Waals surface area contributed by atoms with Gasteiger partial charge in [0.15, 0.2) is 0 Å². The van der Waals surface area contributed by atoms with Gasteiger partial charge in [0, 0.05) is 5.25 Å². The van der Waals surface area contributed by atoms with Crippen LogP contribution < -0.4 is 4.74 Å². The van der Waals surface area contributed by atoms with Crippen molar-refractivity contribution in [3.8, 4) is 17.2 Å². The lowest BCUT2D eigenvalue weighted by Gasteiger charge is -2.25. The molecule has 2 aromatic rings. The van der Waals surface area contributed by atoms with Crippen LogP contribution >= 0.6 is 11.8 Å². The number of rotatable bonds is 5. The lowest BCUT2D eigenvalue weighted by molar-refractivity contribution is 0.136. The Kier molecular flexibility index (Phi) is 5.00. The number of hydrogen-bond donors (Lipinski definition) is 1. The predicted molar refractivity (Wildman–Crippen MR) is 85.0 cm³/mol. The molecule has 0 saturated heterocycles. The van der Waals surface area contributed by atoms with E-state index in [0.29, 0.717) is 17.7 Å². The van der Waals surface area contributed by atoms with E-state index in [1.54, 1.807) is 0 Å². The van der Waals surface area contributed by atoms with Crippen molar-refractivity contribution >= 4 is 11.8 Å². The van der Waals surface area contributed by atoms with Crippen LogP contribution in [0.15, 0.2) is 33.9 Å². The van der Waals surface area contributed by atoms with E-state index in [0.717, 1.165) is 37.0 Å².